The van der Waals surface area contributed by atoms with Crippen molar-refractivity contribution in [3.8, 4) is 0 Å². The first-order chi connectivity index (χ1) is 8.69. The van der Waals surface area contributed by atoms with Crippen LogP contribution in [0.3, 0.4) is 0 Å². The van der Waals surface area contributed by atoms with E-state index < -0.39 is 0 Å². The number of carbonyl (C=O) groups excluding carboxylic acids is 2. The Labute approximate surface area is 112 Å². The van der Waals surface area contributed by atoms with E-state index in [-0.39, 0.29) is 24.3 Å². The highest BCUT2D eigenvalue weighted by molar-refractivity contribution is 6.18. The molecular weight excluding hydrogens is 256 g/mol. The second-order valence-corrected chi connectivity index (χ2v) is 4.84. The lowest BCUT2D eigenvalue weighted by molar-refractivity contribution is -0.135. The highest BCUT2D eigenvalue weighted by Crippen LogP contribution is 2.18. The molecule has 104 valence electrons. The molecule has 0 aromatic carbocycles. The summed E-state index contributed by atoms with van der Waals surface area (Å²) in [6.45, 7) is 1.87. The van der Waals surface area contributed by atoms with Crippen molar-refractivity contribution < 1.29 is 14.7 Å². The van der Waals surface area contributed by atoms with Gasteiger partial charge in [-0.25, -0.2) is 0 Å². The summed E-state index contributed by atoms with van der Waals surface area (Å²) in [5.41, 5.74) is 0. The van der Waals surface area contributed by atoms with Gasteiger partial charge in [0.1, 0.15) is 0 Å². The van der Waals surface area contributed by atoms with Crippen LogP contribution in [0.5, 0.6) is 0 Å². The van der Waals surface area contributed by atoms with Crippen molar-refractivity contribution in [2.24, 2.45) is 5.92 Å². The second-order valence-electron chi connectivity index (χ2n) is 4.46. The number of nitrogens with one attached hydrogen (secondary N) is 1. The van der Waals surface area contributed by atoms with E-state index in [1.807, 2.05) is 0 Å². The summed E-state index contributed by atoms with van der Waals surface area (Å²) in [5, 5.41) is 11.4. The van der Waals surface area contributed by atoms with Crippen LogP contribution < -0.4 is 5.32 Å². The van der Waals surface area contributed by atoms with Crippen LogP contribution in [-0.2, 0) is 9.59 Å². The van der Waals surface area contributed by atoms with E-state index >= 15 is 0 Å². The molecule has 0 unspecified atom stereocenters. The number of halogens is 1. The Morgan fingerprint density at radius 1 is 1.33 bits per heavy atom. The fourth-order valence-corrected chi connectivity index (χ4v) is 2.23. The van der Waals surface area contributed by atoms with E-state index in [0.717, 1.165) is 0 Å². The molecule has 0 aromatic rings. The van der Waals surface area contributed by atoms with Crippen LogP contribution in [0, 0.1) is 5.92 Å². The average molecular weight is 277 g/mol. The lowest BCUT2D eigenvalue weighted by atomic mass is 9.95. The normalized spacial score (nSPS) is 16.7. The zero-order chi connectivity index (χ0) is 13.4. The smallest absolute Gasteiger partial charge is 0.223 e. The number of aliphatic hydroxyl groups excluding tert-OH is 1. The van der Waals surface area contributed by atoms with E-state index in [9.17, 15) is 9.59 Å². The first-order valence-electron chi connectivity index (χ1n) is 6.41. The number of piperidine rings is 1. The van der Waals surface area contributed by atoms with Crippen LogP contribution in [0.1, 0.15) is 25.7 Å². The third-order valence-electron chi connectivity index (χ3n) is 3.16. The summed E-state index contributed by atoms with van der Waals surface area (Å²) >= 11 is 5.53. The number of hydrogen-bond donors (Lipinski definition) is 2. The Kier molecular flexibility index (Phi) is 7.05. The molecule has 1 heterocycles. The molecule has 0 radical (unpaired) electrons. The van der Waals surface area contributed by atoms with Gasteiger partial charge >= 0.3 is 0 Å². The lowest BCUT2D eigenvalue weighted by Crippen LogP contribution is -2.43. The van der Waals surface area contributed by atoms with Gasteiger partial charge in [0.2, 0.25) is 11.8 Å². The maximum absolute atomic E-state index is 11.8. The van der Waals surface area contributed by atoms with Crippen molar-refractivity contribution in [2.45, 2.75) is 25.7 Å². The van der Waals surface area contributed by atoms with Gasteiger partial charge in [-0.3, -0.25) is 9.59 Å². The summed E-state index contributed by atoms with van der Waals surface area (Å²) in [7, 11) is 0. The van der Waals surface area contributed by atoms with E-state index in [2.05, 4.69) is 5.32 Å². The van der Waals surface area contributed by atoms with E-state index in [4.69, 9.17) is 16.7 Å². The van der Waals surface area contributed by atoms with E-state index in [0.29, 0.717) is 51.2 Å². The molecule has 0 saturated carbocycles. The molecule has 1 aliphatic rings. The number of rotatable bonds is 6. The molecule has 1 saturated heterocycles. The van der Waals surface area contributed by atoms with Gasteiger partial charge in [0.25, 0.3) is 0 Å². The standard InChI is InChI=1S/C12H21ClN2O3/c13-5-2-11(17)15-7-3-10(4-8-15)12(18)14-6-1-9-16/h10,16H,1-9H2,(H,14,18). The second kappa shape index (κ2) is 8.32. The average Bonchev–Trinajstić information content (AvgIpc) is 2.39. The third kappa shape index (κ3) is 4.82. The molecule has 0 bridgehead atoms. The number of likely N-dealkylation sites (tertiary alicyclic amines) is 1. The molecule has 1 aliphatic heterocycles. The Hall–Kier alpha value is -0.810. The highest BCUT2D eigenvalue weighted by atomic mass is 35.5. The summed E-state index contributed by atoms with van der Waals surface area (Å²) in [5.74, 6) is 0.446. The van der Waals surface area contributed by atoms with Gasteiger partial charge in [0.05, 0.1) is 0 Å². The van der Waals surface area contributed by atoms with Crippen LogP contribution in [-0.4, -0.2) is 53.9 Å². The zero-order valence-corrected chi connectivity index (χ0v) is 11.3. The molecule has 18 heavy (non-hydrogen) atoms. The van der Waals surface area contributed by atoms with Crippen LogP contribution in [0.25, 0.3) is 0 Å². The highest BCUT2D eigenvalue weighted by Gasteiger charge is 2.26. The van der Waals surface area contributed by atoms with E-state index in [1.165, 1.54) is 0 Å². The fraction of sp³-hybridized carbons (Fsp3) is 0.833. The minimum absolute atomic E-state index is 0.0104. The van der Waals surface area contributed by atoms with Gasteiger partial charge < -0.3 is 15.3 Å². The number of hydrogen-bond acceptors (Lipinski definition) is 3. The number of alkyl halides is 1. The maximum Gasteiger partial charge on any atom is 0.223 e. The molecule has 1 rings (SSSR count). The van der Waals surface area contributed by atoms with Crippen LogP contribution in [0.4, 0.5) is 0 Å². The van der Waals surface area contributed by atoms with Crippen molar-refractivity contribution in [3.05, 3.63) is 0 Å². The molecule has 2 N–H and O–H groups in total. The number of nitrogens with zero attached hydrogens (tertiary/aromatic N) is 1. The van der Waals surface area contributed by atoms with Crippen molar-refractivity contribution in [1.82, 2.24) is 10.2 Å². The Balaban J connectivity index is 2.26. The predicted molar refractivity (Wildman–Crippen MR) is 69.4 cm³/mol. The molecule has 0 aliphatic carbocycles. The Bertz CT molecular complexity index is 278. The van der Waals surface area contributed by atoms with Crippen LogP contribution in [0.2, 0.25) is 0 Å². The van der Waals surface area contributed by atoms with Gasteiger partial charge in [-0.15, -0.1) is 11.6 Å². The van der Waals surface area contributed by atoms with Crippen molar-refractivity contribution >= 4 is 23.4 Å². The summed E-state index contributed by atoms with van der Waals surface area (Å²) in [6.07, 6.45) is 2.37. The van der Waals surface area contributed by atoms with Gasteiger partial charge in [-0.2, -0.15) is 0 Å². The number of amides is 2. The topological polar surface area (TPSA) is 69.6 Å². The first-order valence-corrected chi connectivity index (χ1v) is 6.94. The van der Waals surface area contributed by atoms with Crippen LogP contribution in [0.15, 0.2) is 0 Å². The van der Waals surface area contributed by atoms with Gasteiger partial charge in [-0.05, 0) is 19.3 Å². The molecule has 0 atom stereocenters. The van der Waals surface area contributed by atoms with Crippen LogP contribution >= 0.6 is 11.6 Å². The lowest BCUT2D eigenvalue weighted by Gasteiger charge is -2.31. The molecule has 0 aromatic heterocycles. The number of carbonyl (C=O) groups is 2. The first kappa shape index (κ1) is 15.2. The fourth-order valence-electron chi connectivity index (χ4n) is 2.07. The van der Waals surface area contributed by atoms with Gasteiger partial charge in [0, 0.05) is 44.5 Å². The summed E-state index contributed by atoms with van der Waals surface area (Å²) in [6, 6.07) is 0. The molecule has 6 heteroatoms. The predicted octanol–water partition coefficient (Wildman–Crippen LogP) is 0.352. The summed E-state index contributed by atoms with van der Waals surface area (Å²) in [4.78, 5) is 25.1. The van der Waals surface area contributed by atoms with Crippen molar-refractivity contribution in [1.29, 1.82) is 0 Å². The van der Waals surface area contributed by atoms with E-state index in [1.54, 1.807) is 4.90 Å². The molecule has 0 spiro atoms. The largest absolute Gasteiger partial charge is 0.396 e. The number of aliphatic hydroxyl groups is 1. The molecular formula is C12H21ClN2O3. The third-order valence-corrected chi connectivity index (χ3v) is 3.35. The minimum atomic E-state index is -0.0104. The van der Waals surface area contributed by atoms with Gasteiger partial charge in [-0.1, -0.05) is 0 Å². The molecule has 2 amide bonds. The quantitative estimate of drug-likeness (QED) is 0.543. The Morgan fingerprint density at radius 3 is 2.56 bits per heavy atom. The minimum Gasteiger partial charge on any atom is -0.396 e. The SMILES string of the molecule is O=C(NCCCO)C1CCN(C(=O)CCCl)CC1. The molecule has 1 fully saturated rings. The summed E-state index contributed by atoms with van der Waals surface area (Å²) < 4.78 is 0. The van der Waals surface area contributed by atoms with Crippen molar-refractivity contribution in [3.63, 3.8) is 0 Å². The zero-order valence-electron chi connectivity index (χ0n) is 10.5. The Morgan fingerprint density at radius 2 is 2.00 bits per heavy atom. The monoisotopic (exact) mass is 276 g/mol. The van der Waals surface area contributed by atoms with Crippen molar-refractivity contribution in [2.75, 3.05) is 32.1 Å². The van der Waals surface area contributed by atoms with Gasteiger partial charge in [0.15, 0.2) is 0 Å². The molecule has 5 nitrogen and oxygen atoms in total. The maximum atomic E-state index is 11.8.